The van der Waals surface area contributed by atoms with Crippen molar-refractivity contribution in [2.75, 3.05) is 13.1 Å². The Hall–Kier alpha value is -0.0800. The molecule has 0 aromatic carbocycles. The average Bonchev–Trinajstić information content (AvgIpc) is 2.00. The van der Waals surface area contributed by atoms with Crippen LogP contribution in [0.4, 0.5) is 0 Å². The van der Waals surface area contributed by atoms with Gasteiger partial charge in [-0.25, -0.2) is 0 Å². The Balaban J connectivity index is 3.86. The van der Waals surface area contributed by atoms with Crippen molar-refractivity contribution in [1.29, 1.82) is 0 Å². The summed E-state index contributed by atoms with van der Waals surface area (Å²) in [7, 11) is 0. The van der Waals surface area contributed by atoms with Gasteiger partial charge in [-0.3, -0.25) is 0 Å². The van der Waals surface area contributed by atoms with Crippen LogP contribution in [0.3, 0.4) is 0 Å². The SMILES string of the molecule is CCNCC(C)(CC)OC(C)C. The molecule has 0 saturated heterocycles. The van der Waals surface area contributed by atoms with Gasteiger partial charge in [-0.2, -0.15) is 0 Å². The highest BCUT2D eigenvalue weighted by Gasteiger charge is 2.22. The lowest BCUT2D eigenvalue weighted by atomic mass is 10.0. The van der Waals surface area contributed by atoms with Crippen LogP contribution < -0.4 is 5.32 Å². The number of rotatable bonds is 6. The zero-order valence-electron chi connectivity index (χ0n) is 9.11. The second kappa shape index (κ2) is 5.55. The van der Waals surface area contributed by atoms with E-state index in [1.807, 2.05) is 0 Å². The number of hydrogen-bond acceptors (Lipinski definition) is 2. The molecule has 2 heteroatoms. The van der Waals surface area contributed by atoms with E-state index < -0.39 is 0 Å². The maximum absolute atomic E-state index is 5.83. The second-order valence-electron chi connectivity index (χ2n) is 3.75. The summed E-state index contributed by atoms with van der Waals surface area (Å²) >= 11 is 0. The molecule has 0 aromatic rings. The summed E-state index contributed by atoms with van der Waals surface area (Å²) in [5.74, 6) is 0. The average molecular weight is 173 g/mol. The van der Waals surface area contributed by atoms with Gasteiger partial charge in [0.1, 0.15) is 0 Å². The van der Waals surface area contributed by atoms with Crippen molar-refractivity contribution in [1.82, 2.24) is 5.32 Å². The summed E-state index contributed by atoms with van der Waals surface area (Å²) in [4.78, 5) is 0. The molecule has 0 bridgehead atoms. The minimum absolute atomic E-state index is 0.00414. The van der Waals surface area contributed by atoms with Gasteiger partial charge in [0.15, 0.2) is 0 Å². The van der Waals surface area contributed by atoms with Gasteiger partial charge in [0.25, 0.3) is 0 Å². The molecule has 0 aliphatic rings. The van der Waals surface area contributed by atoms with Crippen LogP contribution in [0.25, 0.3) is 0 Å². The predicted octanol–water partition coefficient (Wildman–Crippen LogP) is 2.19. The Labute approximate surface area is 76.7 Å². The van der Waals surface area contributed by atoms with Crippen molar-refractivity contribution in [3.05, 3.63) is 0 Å². The minimum atomic E-state index is 0.00414. The van der Waals surface area contributed by atoms with E-state index in [4.69, 9.17) is 4.74 Å². The first-order valence-electron chi connectivity index (χ1n) is 4.92. The molecule has 2 nitrogen and oxygen atoms in total. The molecule has 0 saturated carbocycles. The van der Waals surface area contributed by atoms with E-state index in [-0.39, 0.29) is 5.60 Å². The number of likely N-dealkylation sites (N-methyl/N-ethyl adjacent to an activating group) is 1. The quantitative estimate of drug-likeness (QED) is 0.665. The fourth-order valence-electron chi connectivity index (χ4n) is 1.21. The van der Waals surface area contributed by atoms with Crippen LogP contribution in [0.5, 0.6) is 0 Å². The van der Waals surface area contributed by atoms with Gasteiger partial charge in [0.05, 0.1) is 11.7 Å². The number of hydrogen-bond donors (Lipinski definition) is 1. The van der Waals surface area contributed by atoms with E-state index in [1.165, 1.54) is 0 Å². The third kappa shape index (κ3) is 4.73. The summed E-state index contributed by atoms with van der Waals surface area (Å²) in [5, 5.41) is 3.32. The lowest BCUT2D eigenvalue weighted by molar-refractivity contribution is -0.0682. The van der Waals surface area contributed by atoms with Crippen LogP contribution in [-0.2, 0) is 4.74 Å². The van der Waals surface area contributed by atoms with Crippen molar-refractivity contribution in [2.24, 2.45) is 0 Å². The van der Waals surface area contributed by atoms with Gasteiger partial charge in [-0.05, 0) is 33.7 Å². The molecule has 0 aliphatic heterocycles. The summed E-state index contributed by atoms with van der Waals surface area (Å²) in [6.45, 7) is 12.6. The van der Waals surface area contributed by atoms with E-state index in [1.54, 1.807) is 0 Å². The molecule has 1 N–H and O–H groups in total. The maximum Gasteiger partial charge on any atom is 0.0779 e. The maximum atomic E-state index is 5.83. The molecule has 74 valence electrons. The van der Waals surface area contributed by atoms with Crippen LogP contribution in [0.15, 0.2) is 0 Å². The zero-order valence-corrected chi connectivity index (χ0v) is 9.11. The third-order valence-corrected chi connectivity index (χ3v) is 2.02. The fraction of sp³-hybridized carbons (Fsp3) is 1.00. The number of ether oxygens (including phenoxy) is 1. The molecular weight excluding hydrogens is 150 g/mol. The first kappa shape index (κ1) is 11.9. The van der Waals surface area contributed by atoms with Crippen LogP contribution in [0.2, 0.25) is 0 Å². The molecular formula is C10H23NO. The summed E-state index contributed by atoms with van der Waals surface area (Å²) in [5.41, 5.74) is 0.00414. The molecule has 0 aromatic heterocycles. The Morgan fingerprint density at radius 3 is 2.25 bits per heavy atom. The highest BCUT2D eigenvalue weighted by molar-refractivity contribution is 4.76. The van der Waals surface area contributed by atoms with Crippen molar-refractivity contribution < 1.29 is 4.74 Å². The van der Waals surface area contributed by atoms with Crippen LogP contribution in [-0.4, -0.2) is 24.8 Å². The molecule has 0 heterocycles. The molecule has 12 heavy (non-hydrogen) atoms. The molecule has 0 rings (SSSR count). The Morgan fingerprint density at radius 1 is 1.33 bits per heavy atom. The van der Waals surface area contributed by atoms with Crippen LogP contribution >= 0.6 is 0 Å². The molecule has 0 amide bonds. The van der Waals surface area contributed by atoms with E-state index >= 15 is 0 Å². The summed E-state index contributed by atoms with van der Waals surface area (Å²) in [6.07, 6.45) is 1.37. The first-order chi connectivity index (χ1) is 5.54. The van der Waals surface area contributed by atoms with Crippen molar-refractivity contribution >= 4 is 0 Å². The topological polar surface area (TPSA) is 21.3 Å². The van der Waals surface area contributed by atoms with Gasteiger partial charge in [-0.1, -0.05) is 13.8 Å². The first-order valence-corrected chi connectivity index (χ1v) is 4.92. The summed E-state index contributed by atoms with van der Waals surface area (Å²) < 4.78 is 5.83. The van der Waals surface area contributed by atoms with Gasteiger partial charge < -0.3 is 10.1 Å². The second-order valence-corrected chi connectivity index (χ2v) is 3.75. The number of nitrogens with one attached hydrogen (secondary N) is 1. The Kier molecular flexibility index (Phi) is 5.51. The molecule has 1 atom stereocenters. The van der Waals surface area contributed by atoms with Gasteiger partial charge in [-0.15, -0.1) is 0 Å². The predicted molar refractivity (Wildman–Crippen MR) is 53.5 cm³/mol. The van der Waals surface area contributed by atoms with Gasteiger partial charge >= 0.3 is 0 Å². The monoisotopic (exact) mass is 173 g/mol. The standard InChI is InChI=1S/C10H23NO/c1-6-10(5,8-11-7-2)12-9(3)4/h9,11H,6-8H2,1-5H3. The van der Waals surface area contributed by atoms with E-state index in [0.717, 1.165) is 19.5 Å². The molecule has 0 radical (unpaired) electrons. The third-order valence-electron chi connectivity index (χ3n) is 2.02. The Bertz CT molecular complexity index is 114. The zero-order chi connectivity index (χ0) is 9.61. The van der Waals surface area contributed by atoms with E-state index in [9.17, 15) is 0 Å². The lowest BCUT2D eigenvalue weighted by Crippen LogP contribution is -2.41. The summed E-state index contributed by atoms with van der Waals surface area (Å²) in [6, 6.07) is 0. The van der Waals surface area contributed by atoms with Crippen LogP contribution in [0.1, 0.15) is 41.0 Å². The van der Waals surface area contributed by atoms with Gasteiger partial charge in [0.2, 0.25) is 0 Å². The van der Waals surface area contributed by atoms with Crippen molar-refractivity contribution in [2.45, 2.75) is 52.7 Å². The molecule has 0 fully saturated rings. The molecule has 0 aliphatic carbocycles. The van der Waals surface area contributed by atoms with Crippen LogP contribution in [0, 0.1) is 0 Å². The van der Waals surface area contributed by atoms with Crippen molar-refractivity contribution in [3.8, 4) is 0 Å². The highest BCUT2D eigenvalue weighted by Crippen LogP contribution is 2.16. The molecule has 0 spiro atoms. The van der Waals surface area contributed by atoms with Crippen molar-refractivity contribution in [3.63, 3.8) is 0 Å². The molecule has 1 unspecified atom stereocenters. The van der Waals surface area contributed by atoms with E-state index in [0.29, 0.717) is 6.10 Å². The largest absolute Gasteiger partial charge is 0.371 e. The van der Waals surface area contributed by atoms with Gasteiger partial charge in [0, 0.05) is 6.54 Å². The minimum Gasteiger partial charge on any atom is -0.371 e. The lowest BCUT2D eigenvalue weighted by Gasteiger charge is -2.31. The van der Waals surface area contributed by atoms with E-state index in [2.05, 4.69) is 39.9 Å². The normalized spacial score (nSPS) is 16.5. The highest BCUT2D eigenvalue weighted by atomic mass is 16.5. The fourth-order valence-corrected chi connectivity index (χ4v) is 1.21. The Morgan fingerprint density at radius 2 is 1.92 bits per heavy atom. The smallest absolute Gasteiger partial charge is 0.0779 e.